The lowest BCUT2D eigenvalue weighted by atomic mass is 9.84. The standard InChI is InChI=1S/C25H30N4OS/c1-17-27-23-16-29(15-12-24(23)31-17)14-11-18-7-9-19(10-8-18)28-25(30)21-4-2-6-22-20(21)5-3-13-26-22/h2-6,13,18-19H,7-12,14-16H2,1H3,(H,28,30)/t18-,19-. The van der Waals surface area contributed by atoms with Crippen molar-refractivity contribution in [3.8, 4) is 0 Å². The number of pyridine rings is 1. The molecule has 1 amide bonds. The van der Waals surface area contributed by atoms with Gasteiger partial charge in [-0.15, -0.1) is 11.3 Å². The molecule has 2 aromatic heterocycles. The van der Waals surface area contributed by atoms with Crippen molar-refractivity contribution >= 4 is 28.1 Å². The molecule has 0 spiro atoms. The van der Waals surface area contributed by atoms with Gasteiger partial charge in [-0.2, -0.15) is 0 Å². The molecule has 5 rings (SSSR count). The third kappa shape index (κ3) is 4.65. The lowest BCUT2D eigenvalue weighted by Gasteiger charge is -2.32. The fraction of sp³-hybridized carbons (Fsp3) is 0.480. The van der Waals surface area contributed by atoms with Crippen molar-refractivity contribution in [2.45, 2.75) is 58.0 Å². The van der Waals surface area contributed by atoms with Gasteiger partial charge in [-0.1, -0.05) is 12.1 Å². The van der Waals surface area contributed by atoms with Crippen LogP contribution in [0.5, 0.6) is 0 Å². The number of nitrogens with zero attached hydrogens (tertiary/aromatic N) is 3. The molecule has 3 heterocycles. The predicted octanol–water partition coefficient (Wildman–Crippen LogP) is 4.74. The molecule has 31 heavy (non-hydrogen) atoms. The van der Waals surface area contributed by atoms with E-state index in [1.807, 2.05) is 41.7 Å². The first-order valence-corrected chi connectivity index (χ1v) is 12.3. The van der Waals surface area contributed by atoms with Gasteiger partial charge in [-0.05, 0) is 76.1 Å². The van der Waals surface area contributed by atoms with Gasteiger partial charge in [0, 0.05) is 41.2 Å². The van der Waals surface area contributed by atoms with E-state index < -0.39 is 0 Å². The molecule has 1 aromatic carbocycles. The van der Waals surface area contributed by atoms with E-state index in [1.54, 1.807) is 6.20 Å². The van der Waals surface area contributed by atoms with Gasteiger partial charge < -0.3 is 5.32 Å². The minimum Gasteiger partial charge on any atom is -0.349 e. The molecule has 2 aliphatic rings. The Morgan fingerprint density at radius 3 is 2.94 bits per heavy atom. The van der Waals surface area contributed by atoms with E-state index in [4.69, 9.17) is 4.98 Å². The van der Waals surface area contributed by atoms with Crippen LogP contribution in [0.1, 0.15) is 58.0 Å². The number of carbonyl (C=O) groups is 1. The number of rotatable bonds is 5. The van der Waals surface area contributed by atoms with Crippen LogP contribution in [0.2, 0.25) is 0 Å². The van der Waals surface area contributed by atoms with E-state index in [9.17, 15) is 4.79 Å². The van der Waals surface area contributed by atoms with Crippen LogP contribution in [-0.2, 0) is 13.0 Å². The Labute approximate surface area is 187 Å². The Bertz CT molecular complexity index is 1070. The first-order valence-electron chi connectivity index (χ1n) is 11.5. The monoisotopic (exact) mass is 434 g/mol. The van der Waals surface area contributed by atoms with Gasteiger partial charge in [0.15, 0.2) is 0 Å². The highest BCUT2D eigenvalue weighted by atomic mass is 32.1. The SMILES string of the molecule is Cc1nc2c(s1)CCN(CC[C@H]1CC[C@H](NC(=O)c3cccc4ncccc34)CC1)C2. The predicted molar refractivity (Wildman–Crippen MR) is 125 cm³/mol. The van der Waals surface area contributed by atoms with Gasteiger partial charge in [0.1, 0.15) is 0 Å². The summed E-state index contributed by atoms with van der Waals surface area (Å²) in [7, 11) is 0. The summed E-state index contributed by atoms with van der Waals surface area (Å²) in [4.78, 5) is 26.0. The van der Waals surface area contributed by atoms with Crippen LogP contribution in [-0.4, -0.2) is 39.9 Å². The van der Waals surface area contributed by atoms with Crippen molar-refractivity contribution in [2.24, 2.45) is 5.92 Å². The molecule has 0 radical (unpaired) electrons. The summed E-state index contributed by atoms with van der Waals surface area (Å²) < 4.78 is 0. The molecular formula is C25H30N4OS. The molecule has 6 heteroatoms. The van der Waals surface area contributed by atoms with Crippen LogP contribution in [0, 0.1) is 12.8 Å². The molecule has 5 nitrogen and oxygen atoms in total. The maximum absolute atomic E-state index is 12.9. The second-order valence-corrected chi connectivity index (χ2v) is 10.3. The van der Waals surface area contributed by atoms with Crippen LogP contribution >= 0.6 is 11.3 Å². The molecule has 0 unspecified atom stereocenters. The van der Waals surface area contributed by atoms with Gasteiger partial charge in [-0.25, -0.2) is 4.98 Å². The van der Waals surface area contributed by atoms with Crippen molar-refractivity contribution in [3.05, 3.63) is 57.7 Å². The van der Waals surface area contributed by atoms with Crippen molar-refractivity contribution in [3.63, 3.8) is 0 Å². The lowest BCUT2D eigenvalue weighted by Crippen LogP contribution is -2.38. The zero-order valence-electron chi connectivity index (χ0n) is 18.1. The van der Waals surface area contributed by atoms with Gasteiger partial charge >= 0.3 is 0 Å². The van der Waals surface area contributed by atoms with E-state index in [2.05, 4.69) is 22.1 Å². The van der Waals surface area contributed by atoms with E-state index >= 15 is 0 Å². The first kappa shape index (κ1) is 20.6. The molecule has 1 aliphatic heterocycles. The van der Waals surface area contributed by atoms with Crippen molar-refractivity contribution < 1.29 is 4.79 Å². The Hall–Kier alpha value is -2.31. The topological polar surface area (TPSA) is 58.1 Å². The van der Waals surface area contributed by atoms with E-state index in [-0.39, 0.29) is 11.9 Å². The number of nitrogens with one attached hydrogen (secondary N) is 1. The molecule has 0 atom stereocenters. The fourth-order valence-corrected chi connectivity index (χ4v) is 6.03. The molecular weight excluding hydrogens is 404 g/mol. The van der Waals surface area contributed by atoms with Crippen LogP contribution in [0.3, 0.4) is 0 Å². The molecule has 3 aromatic rings. The second-order valence-electron chi connectivity index (χ2n) is 8.98. The van der Waals surface area contributed by atoms with E-state index in [1.165, 1.54) is 47.9 Å². The average molecular weight is 435 g/mol. The number of amides is 1. The van der Waals surface area contributed by atoms with Crippen molar-refractivity contribution in [2.75, 3.05) is 13.1 Å². The quantitative estimate of drug-likeness (QED) is 0.630. The summed E-state index contributed by atoms with van der Waals surface area (Å²) in [6.45, 7) is 5.47. The van der Waals surface area contributed by atoms with Crippen molar-refractivity contribution in [1.29, 1.82) is 0 Å². The molecule has 1 fully saturated rings. The lowest BCUT2D eigenvalue weighted by molar-refractivity contribution is 0.0921. The average Bonchev–Trinajstić information content (AvgIpc) is 3.17. The largest absolute Gasteiger partial charge is 0.349 e. The zero-order chi connectivity index (χ0) is 21.2. The summed E-state index contributed by atoms with van der Waals surface area (Å²) >= 11 is 1.87. The third-order valence-electron chi connectivity index (χ3n) is 6.84. The minimum absolute atomic E-state index is 0.0322. The Balaban J connectivity index is 1.10. The van der Waals surface area contributed by atoms with Crippen LogP contribution in [0.15, 0.2) is 36.5 Å². The highest BCUT2D eigenvalue weighted by Gasteiger charge is 2.25. The Kier molecular flexibility index (Phi) is 6.01. The summed E-state index contributed by atoms with van der Waals surface area (Å²) in [6, 6.07) is 9.92. The number of aromatic nitrogens is 2. The number of carbonyl (C=O) groups excluding carboxylic acids is 1. The second kappa shape index (κ2) is 9.05. The molecule has 1 N–H and O–H groups in total. The highest BCUT2D eigenvalue weighted by molar-refractivity contribution is 7.11. The molecule has 1 saturated carbocycles. The molecule has 1 aliphatic carbocycles. The number of thiazole rings is 1. The number of hydrogen-bond donors (Lipinski definition) is 1. The maximum Gasteiger partial charge on any atom is 0.252 e. The summed E-state index contributed by atoms with van der Waals surface area (Å²) in [5, 5.41) is 5.41. The summed E-state index contributed by atoms with van der Waals surface area (Å²) in [5.41, 5.74) is 2.91. The first-order chi connectivity index (χ1) is 15.2. The summed E-state index contributed by atoms with van der Waals surface area (Å²) in [6.07, 6.45) is 8.75. The smallest absolute Gasteiger partial charge is 0.252 e. The Morgan fingerprint density at radius 2 is 2.06 bits per heavy atom. The summed E-state index contributed by atoms with van der Waals surface area (Å²) in [5.74, 6) is 0.804. The molecule has 0 bridgehead atoms. The maximum atomic E-state index is 12.9. The molecule has 0 saturated heterocycles. The molecule has 162 valence electrons. The highest BCUT2D eigenvalue weighted by Crippen LogP contribution is 2.29. The minimum atomic E-state index is 0.0322. The van der Waals surface area contributed by atoms with Crippen LogP contribution in [0.25, 0.3) is 10.9 Å². The van der Waals surface area contributed by atoms with Gasteiger partial charge in [0.05, 0.1) is 16.2 Å². The number of benzene rings is 1. The normalized spacial score (nSPS) is 21.7. The van der Waals surface area contributed by atoms with Gasteiger partial charge in [-0.3, -0.25) is 14.7 Å². The van der Waals surface area contributed by atoms with Gasteiger partial charge in [0.2, 0.25) is 0 Å². The van der Waals surface area contributed by atoms with E-state index in [0.717, 1.165) is 48.2 Å². The van der Waals surface area contributed by atoms with Gasteiger partial charge in [0.25, 0.3) is 5.91 Å². The number of hydrogen-bond acceptors (Lipinski definition) is 5. The third-order valence-corrected chi connectivity index (χ3v) is 7.91. The number of aryl methyl sites for hydroxylation is 1. The number of fused-ring (bicyclic) bond motifs is 2. The van der Waals surface area contributed by atoms with Crippen molar-refractivity contribution in [1.82, 2.24) is 20.2 Å². The van der Waals surface area contributed by atoms with Crippen LogP contribution in [0.4, 0.5) is 0 Å². The van der Waals surface area contributed by atoms with Crippen LogP contribution < -0.4 is 5.32 Å². The Morgan fingerprint density at radius 1 is 1.19 bits per heavy atom. The fourth-order valence-electron chi connectivity index (χ4n) is 5.10. The zero-order valence-corrected chi connectivity index (χ0v) is 19.0. The van der Waals surface area contributed by atoms with E-state index in [0.29, 0.717) is 0 Å².